The maximum Gasteiger partial charge on any atom is 0.408 e. The number of aliphatic hydroxyl groups is 1. The van der Waals surface area contributed by atoms with E-state index >= 15 is 0 Å². The van der Waals surface area contributed by atoms with E-state index in [0.29, 0.717) is 24.3 Å². The van der Waals surface area contributed by atoms with Crippen molar-refractivity contribution in [1.82, 2.24) is 15.3 Å². The number of nitrogens with zero attached hydrogens (tertiary/aromatic N) is 3. The predicted molar refractivity (Wildman–Crippen MR) is 145 cm³/mol. The quantitative estimate of drug-likeness (QED) is 0.477. The van der Waals surface area contributed by atoms with E-state index in [1.807, 2.05) is 36.1 Å². The third kappa shape index (κ3) is 6.24. The molecule has 2 amide bonds. The first-order valence-corrected chi connectivity index (χ1v) is 12.2. The van der Waals surface area contributed by atoms with Crippen LogP contribution in [0.25, 0.3) is 17.0 Å². The average Bonchev–Trinajstić information content (AvgIpc) is 2.85. The lowest BCUT2D eigenvalue weighted by Crippen LogP contribution is -2.59. The minimum absolute atomic E-state index is 0.147. The molecule has 2 aromatic heterocycles. The van der Waals surface area contributed by atoms with Gasteiger partial charge in [0.25, 0.3) is 5.91 Å². The number of hydrogen-bond acceptors (Lipinski definition) is 7. The Labute approximate surface area is 216 Å². The molecule has 3 heterocycles. The first-order chi connectivity index (χ1) is 17.5. The summed E-state index contributed by atoms with van der Waals surface area (Å²) in [5, 5.41) is 17.4. The van der Waals surface area contributed by atoms with Gasteiger partial charge in [-0.25, -0.2) is 9.78 Å². The third-order valence-electron chi connectivity index (χ3n) is 6.19. The average molecular weight is 504 g/mol. The number of amides is 2. The number of rotatable bonds is 5. The van der Waals surface area contributed by atoms with Crippen LogP contribution in [0.5, 0.6) is 0 Å². The normalized spacial score (nSPS) is 19.8. The number of anilines is 2. The molecule has 0 radical (unpaired) electrons. The topological polar surface area (TPSA) is 117 Å². The van der Waals surface area contributed by atoms with Crippen LogP contribution >= 0.6 is 0 Å². The van der Waals surface area contributed by atoms with Crippen molar-refractivity contribution in [3.05, 3.63) is 66.6 Å². The van der Waals surface area contributed by atoms with Crippen LogP contribution in [0.1, 0.15) is 43.7 Å². The van der Waals surface area contributed by atoms with Gasteiger partial charge in [-0.1, -0.05) is 37.8 Å². The second kappa shape index (κ2) is 10.6. The van der Waals surface area contributed by atoms with Crippen molar-refractivity contribution < 1.29 is 19.4 Å². The number of alkyl carbamates (subject to hydrolysis) is 1. The number of ether oxygens (including phenoxy) is 1. The summed E-state index contributed by atoms with van der Waals surface area (Å²) in [6.45, 7) is 11.9. The maximum absolute atomic E-state index is 13.2. The van der Waals surface area contributed by atoms with Crippen molar-refractivity contribution in [3.63, 3.8) is 0 Å². The number of benzene rings is 1. The van der Waals surface area contributed by atoms with Gasteiger partial charge in [0.2, 0.25) is 0 Å². The molecule has 0 spiro atoms. The molecule has 1 aliphatic rings. The molecule has 37 heavy (non-hydrogen) atoms. The van der Waals surface area contributed by atoms with Crippen LogP contribution in [-0.2, 0) is 4.74 Å². The van der Waals surface area contributed by atoms with Crippen LogP contribution in [-0.4, -0.2) is 57.9 Å². The van der Waals surface area contributed by atoms with Crippen LogP contribution in [0, 0.1) is 5.92 Å². The lowest BCUT2D eigenvalue weighted by Gasteiger charge is -2.42. The van der Waals surface area contributed by atoms with Crippen molar-refractivity contribution in [2.75, 3.05) is 23.3 Å². The molecule has 3 N–H and O–H groups in total. The molecule has 3 atom stereocenters. The van der Waals surface area contributed by atoms with Gasteiger partial charge in [0.15, 0.2) is 0 Å². The second-order valence-corrected chi connectivity index (χ2v) is 10.3. The van der Waals surface area contributed by atoms with Gasteiger partial charge in [0.05, 0.1) is 35.2 Å². The van der Waals surface area contributed by atoms with E-state index in [0.717, 1.165) is 16.6 Å². The maximum atomic E-state index is 13.2. The van der Waals surface area contributed by atoms with Crippen LogP contribution in [0.15, 0.2) is 55.4 Å². The standard InChI is InChI=1S/C28H33N5O4/c1-6-18-7-8-19-9-10-20(30-21(19)13-18)26(35)31-22-14-29-12-11-24(22)33-15-17(2)25(34)23(16-33)32-27(36)37-28(3,4)5/h6-14,17,23,25,34H,1,15-16H2,2-5H3,(H,31,35)(H,32,36)/t17-,23+,25+/m0/s1. The number of carbonyl (C=O) groups excluding carboxylic acids is 2. The van der Waals surface area contributed by atoms with E-state index in [2.05, 4.69) is 27.2 Å². The zero-order valence-corrected chi connectivity index (χ0v) is 21.6. The van der Waals surface area contributed by atoms with Gasteiger partial charge in [-0.2, -0.15) is 0 Å². The first-order valence-electron chi connectivity index (χ1n) is 12.2. The number of pyridine rings is 2. The van der Waals surface area contributed by atoms with Crippen molar-refractivity contribution in [2.45, 2.75) is 45.4 Å². The summed E-state index contributed by atoms with van der Waals surface area (Å²) in [6.07, 6.45) is 3.62. The highest BCUT2D eigenvalue weighted by molar-refractivity contribution is 6.05. The lowest BCUT2D eigenvalue weighted by atomic mass is 9.92. The van der Waals surface area contributed by atoms with Crippen LogP contribution < -0.4 is 15.5 Å². The number of aliphatic hydroxyl groups excluding tert-OH is 1. The Morgan fingerprint density at radius 2 is 1.95 bits per heavy atom. The van der Waals surface area contributed by atoms with E-state index in [1.165, 1.54) is 0 Å². The predicted octanol–water partition coefficient (Wildman–Crippen LogP) is 4.24. The summed E-state index contributed by atoms with van der Waals surface area (Å²) in [7, 11) is 0. The molecule has 3 aromatic rings. The first kappa shape index (κ1) is 26.1. The molecular formula is C28H33N5O4. The lowest BCUT2D eigenvalue weighted by molar-refractivity contribution is 0.0303. The Kier molecular flexibility index (Phi) is 7.45. The summed E-state index contributed by atoms with van der Waals surface area (Å²) in [4.78, 5) is 36.3. The highest BCUT2D eigenvalue weighted by Gasteiger charge is 2.36. The van der Waals surface area contributed by atoms with Gasteiger partial charge in [0.1, 0.15) is 11.3 Å². The SMILES string of the molecule is C=Cc1ccc2ccc(C(=O)Nc3cnccc3N3C[C@H](C)[C@@H](O)[C@H](NC(=O)OC(C)(C)C)C3)nc2c1. The molecule has 1 saturated heterocycles. The Bertz CT molecular complexity index is 1320. The van der Waals surface area contributed by atoms with Gasteiger partial charge in [-0.05, 0) is 44.5 Å². The van der Waals surface area contributed by atoms with Crippen LogP contribution in [0.3, 0.4) is 0 Å². The Hall–Kier alpha value is -3.98. The van der Waals surface area contributed by atoms with Gasteiger partial charge in [-0.15, -0.1) is 0 Å². The fourth-order valence-electron chi connectivity index (χ4n) is 4.39. The summed E-state index contributed by atoms with van der Waals surface area (Å²) in [5.74, 6) is -0.514. The fraction of sp³-hybridized carbons (Fsp3) is 0.357. The van der Waals surface area contributed by atoms with Crippen molar-refractivity contribution in [1.29, 1.82) is 0 Å². The van der Waals surface area contributed by atoms with Crippen molar-refractivity contribution in [2.24, 2.45) is 5.92 Å². The van der Waals surface area contributed by atoms with E-state index in [9.17, 15) is 14.7 Å². The molecule has 4 rings (SSSR count). The molecular weight excluding hydrogens is 470 g/mol. The van der Waals surface area contributed by atoms with E-state index < -0.39 is 23.8 Å². The van der Waals surface area contributed by atoms with Gasteiger partial charge < -0.3 is 25.4 Å². The van der Waals surface area contributed by atoms with Crippen LogP contribution in [0.4, 0.5) is 16.2 Å². The summed E-state index contributed by atoms with van der Waals surface area (Å²) in [6, 6.07) is 10.5. The molecule has 0 bridgehead atoms. The third-order valence-corrected chi connectivity index (χ3v) is 6.19. The minimum Gasteiger partial charge on any atom is -0.444 e. The van der Waals surface area contributed by atoms with Crippen molar-refractivity contribution >= 4 is 40.4 Å². The Morgan fingerprint density at radius 1 is 1.19 bits per heavy atom. The van der Waals surface area contributed by atoms with Gasteiger partial charge in [-0.3, -0.25) is 9.78 Å². The molecule has 9 nitrogen and oxygen atoms in total. The van der Waals surface area contributed by atoms with Gasteiger partial charge >= 0.3 is 6.09 Å². The highest BCUT2D eigenvalue weighted by Crippen LogP contribution is 2.30. The fourth-order valence-corrected chi connectivity index (χ4v) is 4.39. The largest absolute Gasteiger partial charge is 0.444 e. The van der Waals surface area contributed by atoms with E-state index in [1.54, 1.807) is 51.4 Å². The highest BCUT2D eigenvalue weighted by atomic mass is 16.6. The van der Waals surface area contributed by atoms with Crippen molar-refractivity contribution in [3.8, 4) is 0 Å². The summed E-state index contributed by atoms with van der Waals surface area (Å²) >= 11 is 0. The molecule has 1 aliphatic heterocycles. The number of fused-ring (bicyclic) bond motifs is 1. The number of carbonyl (C=O) groups is 2. The molecule has 194 valence electrons. The Morgan fingerprint density at radius 3 is 2.68 bits per heavy atom. The zero-order chi connectivity index (χ0) is 26.7. The molecule has 0 saturated carbocycles. The monoisotopic (exact) mass is 503 g/mol. The number of nitrogens with one attached hydrogen (secondary N) is 2. The smallest absolute Gasteiger partial charge is 0.408 e. The zero-order valence-electron chi connectivity index (χ0n) is 21.6. The summed E-state index contributed by atoms with van der Waals surface area (Å²) in [5.41, 5.74) is 2.48. The number of aromatic nitrogens is 2. The molecule has 0 aliphatic carbocycles. The second-order valence-electron chi connectivity index (χ2n) is 10.3. The van der Waals surface area contributed by atoms with Gasteiger partial charge in [0, 0.05) is 30.6 Å². The molecule has 1 fully saturated rings. The number of piperidine rings is 1. The van der Waals surface area contributed by atoms with E-state index in [4.69, 9.17) is 4.74 Å². The Balaban J connectivity index is 1.54. The molecule has 0 unspecified atom stereocenters. The van der Waals surface area contributed by atoms with Crippen LogP contribution in [0.2, 0.25) is 0 Å². The minimum atomic E-state index is -0.745. The molecule has 1 aromatic carbocycles. The summed E-state index contributed by atoms with van der Waals surface area (Å²) < 4.78 is 5.38. The van der Waals surface area contributed by atoms with E-state index in [-0.39, 0.29) is 17.5 Å². The number of hydrogen-bond donors (Lipinski definition) is 3. The molecule has 9 heteroatoms.